The number of nitrogens with one attached hydrogen (secondary N) is 2. The Morgan fingerprint density at radius 2 is 1.97 bits per heavy atom. The van der Waals surface area contributed by atoms with Crippen molar-refractivity contribution in [3.8, 4) is 0 Å². The van der Waals surface area contributed by atoms with Crippen molar-refractivity contribution in [2.45, 2.75) is 13.1 Å². The zero-order valence-corrected chi connectivity index (χ0v) is 18.9. The van der Waals surface area contributed by atoms with Crippen LogP contribution in [-0.2, 0) is 10.7 Å². The fraction of sp³-hybridized carbons (Fsp3) is 0.136. The number of aromatic nitrogens is 2. The van der Waals surface area contributed by atoms with Crippen molar-refractivity contribution < 1.29 is 9.36 Å². The molecule has 1 unspecified atom stereocenters. The molecule has 9 heteroatoms. The van der Waals surface area contributed by atoms with Gasteiger partial charge >= 0.3 is 0 Å². The maximum atomic E-state index is 12.4. The van der Waals surface area contributed by atoms with Crippen LogP contribution in [0.1, 0.15) is 21.5 Å². The van der Waals surface area contributed by atoms with Gasteiger partial charge in [-0.2, -0.15) is 4.98 Å². The van der Waals surface area contributed by atoms with Crippen molar-refractivity contribution >= 4 is 47.8 Å². The molecule has 0 radical (unpaired) electrons. The molecule has 31 heavy (non-hydrogen) atoms. The third kappa shape index (κ3) is 5.72. The maximum absolute atomic E-state index is 12.4. The molecule has 160 valence electrons. The SMILES string of the molecule is C=CP(C)(=O)Cc1ccc(C)c(Nc2ncc(Cl)c(Nc3ccccc3C(N)=O)n2)c1. The number of hydrogen-bond donors (Lipinski definition) is 3. The molecule has 1 heterocycles. The molecule has 1 amide bonds. The molecule has 0 fully saturated rings. The monoisotopic (exact) mass is 455 g/mol. The van der Waals surface area contributed by atoms with Gasteiger partial charge in [0.2, 0.25) is 5.95 Å². The molecular formula is C22H23ClN5O2P. The molecule has 2 aromatic carbocycles. The van der Waals surface area contributed by atoms with E-state index in [-0.39, 0.29) is 5.02 Å². The summed E-state index contributed by atoms with van der Waals surface area (Å²) in [6.45, 7) is 7.31. The van der Waals surface area contributed by atoms with Crippen LogP contribution in [0.15, 0.2) is 61.1 Å². The fourth-order valence-corrected chi connectivity index (χ4v) is 4.09. The molecule has 0 aliphatic carbocycles. The lowest BCUT2D eigenvalue weighted by atomic mass is 10.1. The van der Waals surface area contributed by atoms with E-state index in [4.69, 9.17) is 17.3 Å². The number of para-hydroxylation sites is 1. The largest absolute Gasteiger partial charge is 0.366 e. The first kappa shape index (κ1) is 22.5. The minimum atomic E-state index is -2.44. The summed E-state index contributed by atoms with van der Waals surface area (Å²) in [6, 6.07) is 12.6. The van der Waals surface area contributed by atoms with Gasteiger partial charge < -0.3 is 20.9 Å². The highest BCUT2D eigenvalue weighted by molar-refractivity contribution is 7.65. The van der Waals surface area contributed by atoms with E-state index >= 15 is 0 Å². The van der Waals surface area contributed by atoms with Crippen molar-refractivity contribution in [1.82, 2.24) is 9.97 Å². The lowest BCUT2D eigenvalue weighted by Crippen LogP contribution is -2.13. The Morgan fingerprint density at radius 1 is 1.23 bits per heavy atom. The minimum absolute atomic E-state index is 0.285. The quantitative estimate of drug-likeness (QED) is 0.378. The number of nitrogens with two attached hydrogens (primary N) is 1. The number of halogens is 1. The average molecular weight is 456 g/mol. The molecule has 0 saturated carbocycles. The van der Waals surface area contributed by atoms with Gasteiger partial charge in [0.05, 0.1) is 17.4 Å². The van der Waals surface area contributed by atoms with Crippen molar-refractivity contribution in [1.29, 1.82) is 0 Å². The maximum Gasteiger partial charge on any atom is 0.250 e. The number of carbonyl (C=O) groups excluding carboxylic acids is 1. The normalized spacial score (nSPS) is 12.6. The van der Waals surface area contributed by atoms with Gasteiger partial charge in [0.25, 0.3) is 5.91 Å². The number of carbonyl (C=O) groups is 1. The zero-order valence-electron chi connectivity index (χ0n) is 17.2. The summed E-state index contributed by atoms with van der Waals surface area (Å²) in [6.07, 6.45) is 1.88. The summed E-state index contributed by atoms with van der Waals surface area (Å²) in [5.74, 6) is 1.59. The van der Waals surface area contributed by atoms with Crippen molar-refractivity contribution in [3.63, 3.8) is 0 Å². The second-order valence-corrected chi connectivity index (χ2v) is 10.7. The first-order valence-electron chi connectivity index (χ1n) is 9.43. The summed E-state index contributed by atoms with van der Waals surface area (Å²) in [4.78, 5) is 20.3. The second-order valence-electron chi connectivity index (χ2n) is 7.21. The van der Waals surface area contributed by atoms with Gasteiger partial charge in [-0.05, 0) is 48.7 Å². The number of aryl methyl sites for hydroxylation is 1. The lowest BCUT2D eigenvalue weighted by molar-refractivity contribution is 0.100. The van der Waals surface area contributed by atoms with Gasteiger partial charge in [-0.1, -0.05) is 42.4 Å². The van der Waals surface area contributed by atoms with Crippen molar-refractivity contribution in [3.05, 3.63) is 82.8 Å². The summed E-state index contributed by atoms with van der Waals surface area (Å²) in [7, 11) is -2.44. The fourth-order valence-electron chi connectivity index (χ4n) is 2.90. The number of nitrogens with zero attached hydrogens (tertiary/aromatic N) is 2. The number of benzene rings is 2. The first-order chi connectivity index (χ1) is 14.7. The molecule has 1 aromatic heterocycles. The smallest absolute Gasteiger partial charge is 0.250 e. The van der Waals surface area contributed by atoms with E-state index in [0.29, 0.717) is 29.2 Å². The highest BCUT2D eigenvalue weighted by Gasteiger charge is 2.14. The van der Waals surface area contributed by atoms with E-state index in [1.165, 1.54) is 12.0 Å². The highest BCUT2D eigenvalue weighted by atomic mass is 35.5. The van der Waals surface area contributed by atoms with Crippen LogP contribution in [0.3, 0.4) is 0 Å². The molecule has 0 spiro atoms. The Labute approximate surface area is 186 Å². The number of anilines is 4. The topological polar surface area (TPSA) is 110 Å². The molecular weight excluding hydrogens is 433 g/mol. The van der Waals surface area contributed by atoms with Crippen LogP contribution in [0, 0.1) is 6.92 Å². The van der Waals surface area contributed by atoms with Crippen molar-refractivity contribution in [2.75, 3.05) is 17.3 Å². The lowest BCUT2D eigenvalue weighted by Gasteiger charge is -2.14. The number of amides is 1. The summed E-state index contributed by atoms with van der Waals surface area (Å²) >= 11 is 6.25. The van der Waals surface area contributed by atoms with Gasteiger partial charge in [0.15, 0.2) is 5.82 Å². The Bertz CT molecular complexity index is 1200. The van der Waals surface area contributed by atoms with Gasteiger partial charge in [-0.25, -0.2) is 4.98 Å². The molecule has 0 aliphatic heterocycles. The molecule has 0 aliphatic rings. The third-order valence-corrected chi connectivity index (χ3v) is 6.66. The van der Waals surface area contributed by atoms with Crippen LogP contribution >= 0.6 is 18.7 Å². The van der Waals surface area contributed by atoms with Gasteiger partial charge in [-0.3, -0.25) is 4.79 Å². The Kier molecular flexibility index (Phi) is 6.78. The summed E-state index contributed by atoms with van der Waals surface area (Å²) < 4.78 is 12.4. The predicted octanol–water partition coefficient (Wildman–Crippen LogP) is 5.66. The van der Waals surface area contributed by atoms with Gasteiger partial charge in [-0.15, -0.1) is 0 Å². The second kappa shape index (κ2) is 9.33. The van der Waals surface area contributed by atoms with Gasteiger partial charge in [0.1, 0.15) is 12.2 Å². The number of rotatable bonds is 8. The Morgan fingerprint density at radius 3 is 2.68 bits per heavy atom. The van der Waals surface area contributed by atoms with Gasteiger partial charge in [0, 0.05) is 11.8 Å². The molecule has 0 saturated heterocycles. The van der Waals surface area contributed by atoms with Crippen LogP contribution in [-0.4, -0.2) is 22.5 Å². The first-order valence-corrected chi connectivity index (χ1v) is 12.2. The Balaban J connectivity index is 1.88. The van der Waals surface area contributed by atoms with E-state index in [1.54, 1.807) is 30.9 Å². The van der Waals surface area contributed by atoms with Crippen LogP contribution < -0.4 is 16.4 Å². The Hall–Kier alpha value is -3.15. The van der Waals surface area contributed by atoms with Crippen LogP contribution in [0.4, 0.5) is 23.1 Å². The molecule has 4 N–H and O–H groups in total. The molecule has 3 rings (SSSR count). The molecule has 3 aromatic rings. The molecule has 7 nitrogen and oxygen atoms in total. The zero-order chi connectivity index (χ0) is 22.6. The highest BCUT2D eigenvalue weighted by Crippen LogP contribution is 2.46. The van der Waals surface area contributed by atoms with E-state index in [9.17, 15) is 9.36 Å². The van der Waals surface area contributed by atoms with E-state index in [1.807, 2.05) is 25.1 Å². The molecule has 0 bridgehead atoms. The van der Waals surface area contributed by atoms with E-state index in [2.05, 4.69) is 27.2 Å². The number of hydrogen-bond acceptors (Lipinski definition) is 6. The van der Waals surface area contributed by atoms with Crippen LogP contribution in [0.2, 0.25) is 5.02 Å². The van der Waals surface area contributed by atoms with E-state index < -0.39 is 13.0 Å². The van der Waals surface area contributed by atoms with Crippen molar-refractivity contribution in [2.24, 2.45) is 5.73 Å². The third-order valence-electron chi connectivity index (χ3n) is 4.62. The predicted molar refractivity (Wildman–Crippen MR) is 127 cm³/mol. The standard InChI is InChI=1S/C22H23ClN5O2P/c1-4-31(3,30)13-15-10-9-14(2)19(11-15)27-22-25-12-17(23)21(28-22)26-18-8-6-5-7-16(18)20(24)29/h4-12H,1,13H2,2-3H3,(H2,24,29)(H2,25,26,27,28). The van der Waals surface area contributed by atoms with Crippen LogP contribution in [0.5, 0.6) is 0 Å². The van der Waals surface area contributed by atoms with E-state index in [0.717, 1.165) is 16.8 Å². The molecule has 1 atom stereocenters. The summed E-state index contributed by atoms with van der Waals surface area (Å²) in [5, 5.41) is 6.51. The minimum Gasteiger partial charge on any atom is -0.366 e. The van der Waals surface area contributed by atoms with Crippen LogP contribution in [0.25, 0.3) is 0 Å². The number of primary amides is 1. The average Bonchev–Trinajstić information content (AvgIpc) is 2.73. The summed E-state index contributed by atoms with van der Waals surface area (Å²) in [5.41, 5.74) is 8.92.